The molecule has 1 heterocycles. The zero-order valence-corrected chi connectivity index (χ0v) is 73.8. The van der Waals surface area contributed by atoms with Crippen molar-refractivity contribution in [2.24, 2.45) is 101 Å². The minimum atomic E-state index is -0.593. The molecule has 7 heteroatoms. The van der Waals surface area contributed by atoms with Gasteiger partial charge in [-0.25, -0.2) is 0 Å². The number of allylic oxidation sites excluding steroid dienone is 2. The third-order valence-corrected chi connectivity index (χ3v) is 26.1. The molecule has 10 aliphatic rings. The van der Waals surface area contributed by atoms with Gasteiger partial charge >= 0.3 is 5.97 Å². The van der Waals surface area contributed by atoms with Crippen LogP contribution in [-0.4, -0.2) is 68.1 Å². The number of hydrogen-bond acceptors (Lipinski definition) is 7. The van der Waals surface area contributed by atoms with E-state index in [1.807, 2.05) is 76.2 Å². The summed E-state index contributed by atoms with van der Waals surface area (Å²) >= 11 is 0. The number of esters is 1. The summed E-state index contributed by atoms with van der Waals surface area (Å²) in [6.07, 6.45) is 54.2. The molecule has 0 spiro atoms. The van der Waals surface area contributed by atoms with Crippen LogP contribution in [0.3, 0.4) is 0 Å². The van der Waals surface area contributed by atoms with E-state index in [0.29, 0.717) is 12.2 Å². The molecule has 0 amide bonds. The lowest BCUT2D eigenvalue weighted by molar-refractivity contribution is -0.155. The number of epoxide rings is 1. The normalized spacial score (nSPS) is 31.0. The van der Waals surface area contributed by atoms with E-state index < -0.39 is 17.8 Å². The Morgan fingerprint density at radius 2 is 0.780 bits per heavy atom. The largest absolute Gasteiger partial charge is 0.460 e. The zero-order chi connectivity index (χ0) is 77.6. The van der Waals surface area contributed by atoms with Crippen LogP contribution in [0, 0.1) is 101 Å². The highest BCUT2D eigenvalue weighted by Crippen LogP contribution is 2.58. The van der Waals surface area contributed by atoms with Crippen LogP contribution in [0.4, 0.5) is 0 Å². The van der Waals surface area contributed by atoms with E-state index in [1.165, 1.54) is 185 Å². The predicted octanol–water partition coefficient (Wildman–Crippen LogP) is 29.0. The molecule has 4 N–H and O–H groups in total. The Bertz CT molecular complexity index is 1690. The van der Waals surface area contributed by atoms with Crippen LogP contribution in [-0.2, 0) is 14.3 Å². The summed E-state index contributed by atoms with van der Waals surface area (Å²) in [7, 11) is 0. The predicted molar refractivity (Wildman–Crippen MR) is 450 cm³/mol. The van der Waals surface area contributed by atoms with E-state index in [-0.39, 0.29) is 20.5 Å². The van der Waals surface area contributed by atoms with Crippen molar-refractivity contribution in [1.82, 2.24) is 0 Å². The Hall–Kier alpha value is -0.990. The monoisotopic (exact) mass is 1420 g/mol. The van der Waals surface area contributed by atoms with Crippen molar-refractivity contribution in [1.29, 1.82) is 0 Å². The summed E-state index contributed by atoms with van der Waals surface area (Å²) in [5, 5.41) is 34.3. The molecule has 7 nitrogen and oxygen atoms in total. The summed E-state index contributed by atoms with van der Waals surface area (Å²) in [6, 6.07) is 0. The molecule has 100 heavy (non-hydrogen) atoms. The van der Waals surface area contributed by atoms with Crippen LogP contribution in [0.15, 0.2) is 12.2 Å². The summed E-state index contributed by atoms with van der Waals surface area (Å²) in [6.45, 7) is 63.1. The fraction of sp³-hybridized carbons (Fsp3) is 0.968. The lowest BCUT2D eigenvalue weighted by Crippen LogP contribution is -2.28. The molecule has 1 aliphatic heterocycles. The molecule has 10 rings (SSSR count). The van der Waals surface area contributed by atoms with E-state index in [0.717, 1.165) is 109 Å². The fourth-order valence-corrected chi connectivity index (χ4v) is 15.2. The van der Waals surface area contributed by atoms with E-state index in [2.05, 4.69) is 116 Å². The first-order valence-electron chi connectivity index (χ1n) is 44.5. The zero-order valence-electron chi connectivity index (χ0n) is 73.8. The van der Waals surface area contributed by atoms with Crippen molar-refractivity contribution < 1.29 is 37.5 Å². The summed E-state index contributed by atoms with van der Waals surface area (Å²) in [5.74, 6) is 17.5. The van der Waals surface area contributed by atoms with Gasteiger partial charge < -0.3 is 29.9 Å². The van der Waals surface area contributed by atoms with Gasteiger partial charge in [0.2, 0.25) is 0 Å². The van der Waals surface area contributed by atoms with Crippen molar-refractivity contribution in [2.75, 3.05) is 0 Å². The molecule has 608 valence electrons. The Kier molecular flexibility index (Phi) is 67.5. The van der Waals surface area contributed by atoms with Gasteiger partial charge in [0.15, 0.2) is 0 Å². The number of aliphatic hydroxyl groups excluding tert-OH is 3. The molecular weight excluding hydrogens is 1230 g/mol. The first kappa shape index (κ1) is 105. The molecule has 19 atom stereocenters. The molecule has 0 aromatic carbocycles. The lowest BCUT2D eigenvalue weighted by Gasteiger charge is -2.25. The topological polar surface area (TPSA) is 120 Å². The van der Waals surface area contributed by atoms with Gasteiger partial charge in [0.05, 0.1) is 36.1 Å². The molecule has 0 radical (unpaired) electrons. The Morgan fingerprint density at radius 1 is 0.450 bits per heavy atom. The number of hydrogen-bond donors (Lipinski definition) is 4. The highest BCUT2D eigenvalue weighted by Gasteiger charge is 2.49. The van der Waals surface area contributed by atoms with Crippen LogP contribution in [0.2, 0.25) is 0 Å². The van der Waals surface area contributed by atoms with Crippen molar-refractivity contribution in [3.63, 3.8) is 0 Å². The molecule has 1 saturated heterocycles. The molecule has 19 unspecified atom stereocenters. The van der Waals surface area contributed by atoms with Crippen molar-refractivity contribution >= 4 is 5.97 Å². The quantitative estimate of drug-likeness (QED) is 0.0526. The summed E-state index contributed by atoms with van der Waals surface area (Å²) in [4.78, 5) is 10.6. The highest BCUT2D eigenvalue weighted by atomic mass is 16.6. The maximum absolute atomic E-state index is 10.6. The van der Waals surface area contributed by atoms with Crippen LogP contribution < -0.4 is 0 Å². The second kappa shape index (κ2) is 64.0. The third-order valence-electron chi connectivity index (χ3n) is 26.1. The molecule has 9 aliphatic carbocycles. The number of ether oxygens (including phenoxy) is 2. The average molecular weight is 1420 g/mol. The molecule has 0 aromatic rings. The van der Waals surface area contributed by atoms with Gasteiger partial charge in [-0.3, -0.25) is 4.79 Å². The van der Waals surface area contributed by atoms with Gasteiger partial charge in [0, 0.05) is 9.78 Å². The van der Waals surface area contributed by atoms with Gasteiger partial charge in [-0.1, -0.05) is 300 Å². The third kappa shape index (κ3) is 52.1. The minimum absolute atomic E-state index is 0. The van der Waals surface area contributed by atoms with Crippen molar-refractivity contribution in [3.05, 3.63) is 12.2 Å². The number of fused-ring (bicyclic) bond motifs is 8. The van der Waals surface area contributed by atoms with Crippen molar-refractivity contribution in [3.8, 4) is 0 Å². The fourth-order valence-electron chi connectivity index (χ4n) is 15.2. The Labute approximate surface area is 633 Å². The molecule has 9 fully saturated rings. The van der Waals surface area contributed by atoms with Gasteiger partial charge in [-0.15, -0.1) is 0 Å². The first-order valence-corrected chi connectivity index (χ1v) is 44.5. The number of carbonyl (C=O) groups excluding carboxylic acids is 1. The van der Waals surface area contributed by atoms with E-state index in [9.17, 15) is 4.79 Å². The average Bonchev–Trinajstić information content (AvgIpc) is 1.59. The van der Waals surface area contributed by atoms with Crippen molar-refractivity contribution in [2.45, 2.75) is 481 Å². The molecule has 0 aromatic heterocycles. The maximum atomic E-state index is 10.6. The van der Waals surface area contributed by atoms with Crippen LogP contribution >= 0.6 is 0 Å². The van der Waals surface area contributed by atoms with Gasteiger partial charge in [-0.2, -0.15) is 0 Å². The number of aliphatic hydroxyl groups is 4. The van der Waals surface area contributed by atoms with Gasteiger partial charge in [0.25, 0.3) is 0 Å². The first-order chi connectivity index (χ1) is 47.2. The minimum Gasteiger partial charge on any atom is -0.460 e. The van der Waals surface area contributed by atoms with E-state index in [1.54, 1.807) is 65.7 Å². The maximum Gasteiger partial charge on any atom is 0.303 e. The van der Waals surface area contributed by atoms with Gasteiger partial charge in [-0.05, 0) is 244 Å². The summed E-state index contributed by atoms with van der Waals surface area (Å²) in [5.41, 5.74) is -0.661. The number of carbonyl (C=O) groups is 1. The number of rotatable bonds is 16. The Balaban J connectivity index is -0.000000246. The highest BCUT2D eigenvalue weighted by molar-refractivity contribution is 5.66. The van der Waals surface area contributed by atoms with E-state index in [4.69, 9.17) is 29.9 Å². The van der Waals surface area contributed by atoms with Crippen LogP contribution in [0.1, 0.15) is 442 Å². The van der Waals surface area contributed by atoms with Crippen LogP contribution in [0.5, 0.6) is 0 Å². The Morgan fingerprint density at radius 3 is 1.00 bits per heavy atom. The standard InChI is InChI=1S/C10H16.C10H22.C9H16.C8H16O2.C8H14O.2C8H16.C8H14.C6H14O.C6H14.C4H10O2.C4H10O.2C2H6.2H2/c1-2-9-7-4-5-8(6-7)10(9)3-1;1-3-5-7-9-10-8-6-4-2;1-6-7(2)9-4-3-8(6)5-9;1-5-8(4,6-2)10-7(3)9;1-5-3-7-8(9-7)4-6(5)2;1-7-3-5-8(2)6-4-7;2*1-7-5-3-4-6-8(7)2;1-4-6(3,7)5-2;1-4-6(3)5-2;1-3(5)4(2)6;1-3-4(2)5;2*1-2;;/h7-10H,1-6H2;3-10H2,1-2H3;6-9H,3-5H2,1-2H3;5-6H2,1-4H3;5-8H,3-4H2,1-2H3;2*7-8H,3-6H2,1-2H3;3-4,7-8H,5-6H2,1-2H3;7H,4-5H2,1-3H3;6H,4-5H2,1-3H3;3-6H,1-2H3;4-5H,3H2,1-2H3;2*1-2H3;2*1H. The van der Waals surface area contributed by atoms with E-state index >= 15 is 0 Å². The molecular formula is C93H194O7. The molecule has 8 saturated carbocycles. The smallest absolute Gasteiger partial charge is 0.303 e. The number of unbranched alkanes of at least 4 members (excludes halogenated alkanes) is 7. The van der Waals surface area contributed by atoms with Crippen LogP contribution in [0.25, 0.3) is 0 Å². The molecule has 4 bridgehead atoms. The second-order valence-electron chi connectivity index (χ2n) is 34.5. The van der Waals surface area contributed by atoms with Gasteiger partial charge in [0.1, 0.15) is 5.60 Å². The lowest BCUT2D eigenvalue weighted by atomic mass is 9.82. The SMILES string of the molecule is C1CC2C3CCC(C3)C2C1.CC.CC.CC(O)C(C)O.CC1C2CCC(C2)C1C.CC1CC2OC2CC1C.CC1CC=CCC1C.CC1CCC(C)CC1.CC1CCCCC1C.CCC(C)(CC)OC(C)=O.CCC(C)(O)CC.CCC(C)CC.CCC(C)O.CCCCCCCCCC.[HH].[HH]. The second-order valence-corrected chi connectivity index (χ2v) is 34.5. The summed E-state index contributed by atoms with van der Waals surface area (Å²) < 4.78 is 10.5.